The van der Waals surface area contributed by atoms with Crippen LogP contribution in [-0.4, -0.2) is 4.98 Å². The maximum Gasteiger partial charge on any atom is 0.134 e. The molecule has 2 rings (SSSR count). The number of aryl methyl sites for hydroxylation is 1. The molecule has 5 heteroatoms. The van der Waals surface area contributed by atoms with Crippen LogP contribution in [0.1, 0.15) is 11.9 Å². The second-order valence-electron chi connectivity index (χ2n) is 3.27. The Morgan fingerprint density at radius 2 is 2.25 bits per heavy atom. The van der Waals surface area contributed by atoms with Crippen molar-refractivity contribution < 1.29 is 4.39 Å². The summed E-state index contributed by atoms with van der Waals surface area (Å²) in [5, 5.41) is 1.72. The van der Waals surface area contributed by atoms with E-state index in [1.54, 1.807) is 12.1 Å². The highest BCUT2D eigenvalue weighted by Gasteiger charge is 2.16. The van der Waals surface area contributed by atoms with E-state index in [1.807, 2.05) is 6.92 Å². The van der Waals surface area contributed by atoms with Gasteiger partial charge in [0.2, 0.25) is 0 Å². The van der Waals surface area contributed by atoms with Gasteiger partial charge in [-0.15, -0.1) is 11.3 Å². The molecule has 0 saturated carbocycles. The van der Waals surface area contributed by atoms with Gasteiger partial charge < -0.3 is 5.73 Å². The van der Waals surface area contributed by atoms with E-state index in [2.05, 4.69) is 4.98 Å². The molecular formula is C11H10ClFN2S. The van der Waals surface area contributed by atoms with Gasteiger partial charge in [0.15, 0.2) is 0 Å². The molecule has 0 fully saturated rings. The zero-order valence-electron chi connectivity index (χ0n) is 8.63. The first kappa shape index (κ1) is 11.4. The Labute approximate surface area is 102 Å². The number of hydrogen-bond donors (Lipinski definition) is 1. The fraction of sp³-hybridized carbons (Fsp3) is 0.182. The van der Waals surface area contributed by atoms with Crippen LogP contribution >= 0.6 is 22.9 Å². The number of nitrogens with two attached hydrogens (primary N) is 1. The van der Waals surface area contributed by atoms with Gasteiger partial charge in [-0.25, -0.2) is 9.37 Å². The van der Waals surface area contributed by atoms with E-state index in [0.717, 1.165) is 11.4 Å². The second-order valence-corrected chi connectivity index (χ2v) is 4.79. The highest BCUT2D eigenvalue weighted by molar-refractivity contribution is 7.16. The number of aromatic nitrogens is 1. The molecule has 0 aliphatic heterocycles. The molecule has 0 bridgehead atoms. The maximum atomic E-state index is 13.7. The molecular weight excluding hydrogens is 247 g/mol. The molecule has 0 aliphatic rings. The summed E-state index contributed by atoms with van der Waals surface area (Å²) in [6.07, 6.45) is 0.779. The summed E-state index contributed by atoms with van der Waals surface area (Å²) in [5.74, 6) is -0.396. The van der Waals surface area contributed by atoms with Crippen molar-refractivity contribution >= 4 is 27.9 Å². The maximum absolute atomic E-state index is 13.7. The number of benzene rings is 1. The molecule has 1 aromatic carbocycles. The van der Waals surface area contributed by atoms with Gasteiger partial charge in [-0.1, -0.05) is 24.6 Å². The lowest BCUT2D eigenvalue weighted by atomic mass is 10.1. The van der Waals surface area contributed by atoms with E-state index in [4.69, 9.17) is 17.3 Å². The average molecular weight is 257 g/mol. The molecule has 16 heavy (non-hydrogen) atoms. The number of nitrogens with zero attached hydrogens (tertiary/aromatic N) is 1. The Morgan fingerprint density at radius 1 is 1.50 bits per heavy atom. The second kappa shape index (κ2) is 4.39. The third-order valence-electron chi connectivity index (χ3n) is 2.20. The number of rotatable bonds is 2. The molecule has 84 valence electrons. The van der Waals surface area contributed by atoms with Crippen LogP contribution in [0, 0.1) is 5.82 Å². The minimum Gasteiger partial charge on any atom is -0.389 e. The van der Waals surface area contributed by atoms with Crippen LogP contribution in [0.3, 0.4) is 0 Å². The number of anilines is 1. The van der Waals surface area contributed by atoms with Crippen molar-refractivity contribution in [2.24, 2.45) is 0 Å². The first-order valence-electron chi connectivity index (χ1n) is 4.83. The Hall–Kier alpha value is -1.13. The first-order chi connectivity index (χ1) is 7.63. The van der Waals surface area contributed by atoms with Crippen molar-refractivity contribution in [1.82, 2.24) is 4.98 Å². The van der Waals surface area contributed by atoms with Gasteiger partial charge in [0.05, 0.1) is 15.6 Å². The molecule has 0 spiro atoms. The fourth-order valence-corrected chi connectivity index (χ4v) is 2.46. The molecule has 2 nitrogen and oxygen atoms in total. The fourth-order valence-electron chi connectivity index (χ4n) is 1.43. The van der Waals surface area contributed by atoms with Crippen LogP contribution in [-0.2, 0) is 6.42 Å². The number of hydrogen-bond acceptors (Lipinski definition) is 3. The third kappa shape index (κ3) is 1.90. The highest BCUT2D eigenvalue weighted by atomic mass is 35.5. The molecule has 0 amide bonds. The summed E-state index contributed by atoms with van der Waals surface area (Å²) in [5.41, 5.74) is 6.56. The van der Waals surface area contributed by atoms with Gasteiger partial charge in [0.25, 0.3) is 0 Å². The third-order valence-corrected chi connectivity index (χ3v) is 3.54. The smallest absolute Gasteiger partial charge is 0.134 e. The summed E-state index contributed by atoms with van der Waals surface area (Å²) in [6.45, 7) is 1.98. The molecule has 0 atom stereocenters. The van der Waals surface area contributed by atoms with Crippen molar-refractivity contribution in [2.45, 2.75) is 13.3 Å². The predicted molar refractivity (Wildman–Crippen MR) is 66.3 cm³/mol. The van der Waals surface area contributed by atoms with Crippen molar-refractivity contribution in [3.05, 3.63) is 34.0 Å². The van der Waals surface area contributed by atoms with Crippen LogP contribution in [0.5, 0.6) is 0 Å². The van der Waals surface area contributed by atoms with Gasteiger partial charge in [-0.3, -0.25) is 0 Å². The van der Waals surface area contributed by atoms with Gasteiger partial charge in [0, 0.05) is 0 Å². The van der Waals surface area contributed by atoms with E-state index in [9.17, 15) is 4.39 Å². The van der Waals surface area contributed by atoms with Crippen LogP contribution in [0.4, 0.5) is 9.39 Å². The molecule has 2 aromatic rings. The predicted octanol–water partition coefficient (Wildman–Crippen LogP) is 3.75. The average Bonchev–Trinajstić information content (AvgIpc) is 2.60. The normalized spacial score (nSPS) is 10.7. The molecule has 0 unspecified atom stereocenters. The molecule has 2 N–H and O–H groups in total. The van der Waals surface area contributed by atoms with Gasteiger partial charge in [-0.2, -0.15) is 0 Å². The minimum atomic E-state index is -0.396. The lowest BCUT2D eigenvalue weighted by Crippen LogP contribution is -1.91. The summed E-state index contributed by atoms with van der Waals surface area (Å²) in [4.78, 5) is 4.29. The van der Waals surface area contributed by atoms with Crippen LogP contribution < -0.4 is 5.73 Å². The van der Waals surface area contributed by atoms with E-state index < -0.39 is 5.82 Å². The van der Waals surface area contributed by atoms with E-state index in [-0.39, 0.29) is 5.56 Å². The summed E-state index contributed by atoms with van der Waals surface area (Å²) in [7, 11) is 0. The molecule has 1 heterocycles. The summed E-state index contributed by atoms with van der Waals surface area (Å²) < 4.78 is 13.7. The quantitative estimate of drug-likeness (QED) is 0.889. The zero-order chi connectivity index (χ0) is 11.7. The summed E-state index contributed by atoms with van der Waals surface area (Å²) in [6, 6.07) is 4.54. The van der Waals surface area contributed by atoms with E-state index >= 15 is 0 Å². The molecule has 0 aliphatic carbocycles. The molecule has 0 radical (unpaired) electrons. The Kier molecular flexibility index (Phi) is 3.12. The first-order valence-corrected chi connectivity index (χ1v) is 6.02. The van der Waals surface area contributed by atoms with Gasteiger partial charge in [0.1, 0.15) is 16.5 Å². The monoisotopic (exact) mass is 256 g/mol. The molecule has 0 saturated heterocycles. The van der Waals surface area contributed by atoms with Crippen LogP contribution in [0.25, 0.3) is 11.3 Å². The minimum absolute atomic E-state index is 0.289. The Balaban J connectivity index is 2.62. The van der Waals surface area contributed by atoms with E-state index in [1.165, 1.54) is 17.4 Å². The van der Waals surface area contributed by atoms with E-state index in [0.29, 0.717) is 15.7 Å². The van der Waals surface area contributed by atoms with Crippen molar-refractivity contribution in [3.63, 3.8) is 0 Å². The van der Waals surface area contributed by atoms with Crippen LogP contribution in [0.2, 0.25) is 5.02 Å². The lowest BCUT2D eigenvalue weighted by molar-refractivity contribution is 0.631. The largest absolute Gasteiger partial charge is 0.389 e. The zero-order valence-corrected chi connectivity index (χ0v) is 10.2. The molecule has 1 aromatic heterocycles. The SMILES string of the molecule is CCc1nc(-c2c(F)cccc2Cl)c(N)s1. The lowest BCUT2D eigenvalue weighted by Gasteiger charge is -2.03. The highest BCUT2D eigenvalue weighted by Crippen LogP contribution is 2.36. The van der Waals surface area contributed by atoms with Crippen LogP contribution in [0.15, 0.2) is 18.2 Å². The van der Waals surface area contributed by atoms with Crippen molar-refractivity contribution in [3.8, 4) is 11.3 Å². The number of halogens is 2. The van der Waals surface area contributed by atoms with Gasteiger partial charge in [-0.05, 0) is 18.6 Å². The van der Waals surface area contributed by atoms with Crippen molar-refractivity contribution in [2.75, 3.05) is 5.73 Å². The Morgan fingerprint density at radius 3 is 2.81 bits per heavy atom. The number of thiazole rings is 1. The topological polar surface area (TPSA) is 38.9 Å². The number of nitrogen functional groups attached to an aromatic ring is 1. The van der Waals surface area contributed by atoms with Gasteiger partial charge >= 0.3 is 0 Å². The Bertz CT molecular complexity index is 504. The standard InChI is InChI=1S/C11H10ClFN2S/c1-2-8-15-10(11(14)16-8)9-6(12)4-3-5-7(9)13/h3-5H,2,14H2,1H3. The summed E-state index contributed by atoms with van der Waals surface area (Å²) >= 11 is 7.33. The van der Waals surface area contributed by atoms with Crippen molar-refractivity contribution in [1.29, 1.82) is 0 Å².